The summed E-state index contributed by atoms with van der Waals surface area (Å²) < 4.78 is 4.98. The molecule has 0 heterocycles. The van der Waals surface area contributed by atoms with Crippen LogP contribution >= 0.6 is 0 Å². The number of Topliss-reactive ketones (excluding diaryl/α,β-unsaturated/α-hetero) is 1. The minimum atomic E-state index is 0.0254. The summed E-state index contributed by atoms with van der Waals surface area (Å²) in [6, 6.07) is 16.4. The normalized spacial score (nSPS) is 10.9. The van der Waals surface area contributed by atoms with Crippen LogP contribution in [0.25, 0.3) is 0 Å². The Morgan fingerprint density at radius 1 is 1.00 bits per heavy atom. The summed E-state index contributed by atoms with van der Waals surface area (Å²) in [5.74, 6) is 0.0254. The molecule has 22 heavy (non-hydrogen) atoms. The van der Waals surface area contributed by atoms with E-state index >= 15 is 0 Å². The second kappa shape index (κ2) is 7.87. The first-order valence-electron chi connectivity index (χ1n) is 7.42. The Kier molecular flexibility index (Phi) is 5.87. The van der Waals surface area contributed by atoms with Crippen LogP contribution in [0.5, 0.6) is 0 Å². The van der Waals surface area contributed by atoms with Gasteiger partial charge in [-0.2, -0.15) is 0 Å². The maximum atomic E-state index is 12.1. The fourth-order valence-electron chi connectivity index (χ4n) is 2.53. The molecule has 2 rings (SSSR count). The molecule has 0 atom stereocenters. The van der Waals surface area contributed by atoms with Crippen molar-refractivity contribution in [3.8, 4) is 0 Å². The molecule has 0 amide bonds. The molecule has 0 saturated carbocycles. The van der Waals surface area contributed by atoms with Crippen molar-refractivity contribution >= 4 is 5.78 Å². The molecule has 0 aromatic heterocycles. The van der Waals surface area contributed by atoms with E-state index in [2.05, 4.69) is 23.1 Å². The van der Waals surface area contributed by atoms with Crippen molar-refractivity contribution in [1.29, 1.82) is 0 Å². The fourth-order valence-corrected chi connectivity index (χ4v) is 2.53. The molecule has 0 unspecified atom stereocenters. The lowest BCUT2D eigenvalue weighted by Gasteiger charge is -2.13. The van der Waals surface area contributed by atoms with Gasteiger partial charge >= 0.3 is 0 Å². The van der Waals surface area contributed by atoms with E-state index in [1.165, 1.54) is 5.56 Å². The van der Waals surface area contributed by atoms with E-state index in [-0.39, 0.29) is 12.4 Å². The molecule has 0 saturated heterocycles. The van der Waals surface area contributed by atoms with E-state index in [1.54, 1.807) is 7.11 Å². The topological polar surface area (TPSA) is 29.5 Å². The van der Waals surface area contributed by atoms with Gasteiger partial charge in [-0.1, -0.05) is 36.4 Å². The number of carbonyl (C=O) groups is 1. The Bertz CT molecular complexity index is 621. The van der Waals surface area contributed by atoms with Gasteiger partial charge in [-0.05, 0) is 49.3 Å². The van der Waals surface area contributed by atoms with Crippen LogP contribution in [0.3, 0.4) is 0 Å². The largest absolute Gasteiger partial charge is 0.377 e. The monoisotopic (exact) mass is 297 g/mol. The van der Waals surface area contributed by atoms with E-state index in [0.717, 1.165) is 29.7 Å². The molecule has 0 bridgehead atoms. The highest BCUT2D eigenvalue weighted by Crippen LogP contribution is 2.16. The Labute approximate surface area is 132 Å². The van der Waals surface area contributed by atoms with Gasteiger partial charge in [0.05, 0.1) is 0 Å². The average Bonchev–Trinajstić information content (AvgIpc) is 2.47. The number of nitrogens with zero attached hydrogens (tertiary/aromatic N) is 1. The second-order valence-electron chi connectivity index (χ2n) is 5.79. The minimum Gasteiger partial charge on any atom is -0.377 e. The van der Waals surface area contributed by atoms with Gasteiger partial charge in [-0.15, -0.1) is 0 Å². The first-order chi connectivity index (χ1) is 10.6. The third kappa shape index (κ3) is 4.79. The van der Waals surface area contributed by atoms with Crippen LogP contribution in [0.1, 0.15) is 27.0 Å². The third-order valence-corrected chi connectivity index (χ3v) is 3.40. The molecule has 0 aliphatic carbocycles. The molecule has 0 fully saturated rings. The Balaban J connectivity index is 2.31. The number of hydrogen-bond acceptors (Lipinski definition) is 3. The summed E-state index contributed by atoms with van der Waals surface area (Å²) >= 11 is 0. The first-order valence-corrected chi connectivity index (χ1v) is 7.42. The van der Waals surface area contributed by atoms with E-state index in [9.17, 15) is 4.79 Å². The zero-order valence-electron chi connectivity index (χ0n) is 13.5. The Hall–Kier alpha value is -1.97. The Morgan fingerprint density at radius 2 is 1.68 bits per heavy atom. The van der Waals surface area contributed by atoms with E-state index in [0.29, 0.717) is 0 Å². The summed E-state index contributed by atoms with van der Waals surface area (Å²) in [6.45, 7) is 0.937. The minimum absolute atomic E-state index is 0.0254. The molecule has 0 spiro atoms. The maximum Gasteiger partial charge on any atom is 0.188 e. The molecule has 0 N–H and O–H groups in total. The second-order valence-corrected chi connectivity index (χ2v) is 5.79. The smallest absolute Gasteiger partial charge is 0.188 e. The van der Waals surface area contributed by atoms with Gasteiger partial charge in [0.25, 0.3) is 0 Å². The molecule has 3 nitrogen and oxygen atoms in total. The van der Waals surface area contributed by atoms with Crippen LogP contribution in [0.4, 0.5) is 0 Å². The van der Waals surface area contributed by atoms with E-state index in [1.807, 2.05) is 44.4 Å². The number of benzene rings is 2. The SMILES string of the molecule is COCC(=O)c1cc(Cc2ccccc2)cc(CN(C)C)c1. The summed E-state index contributed by atoms with van der Waals surface area (Å²) in [5, 5.41) is 0. The van der Waals surface area contributed by atoms with Crippen LogP contribution < -0.4 is 0 Å². The van der Waals surface area contributed by atoms with Gasteiger partial charge in [-0.25, -0.2) is 0 Å². The number of rotatable bonds is 7. The average molecular weight is 297 g/mol. The molecular weight excluding hydrogens is 274 g/mol. The van der Waals surface area contributed by atoms with Crippen molar-refractivity contribution in [1.82, 2.24) is 4.90 Å². The van der Waals surface area contributed by atoms with Crippen molar-refractivity contribution in [3.05, 3.63) is 70.8 Å². The number of ether oxygens (including phenoxy) is 1. The van der Waals surface area contributed by atoms with Crippen molar-refractivity contribution in [2.45, 2.75) is 13.0 Å². The predicted octanol–water partition coefficient (Wildman–Crippen LogP) is 3.17. The summed E-state index contributed by atoms with van der Waals surface area (Å²) in [5.41, 5.74) is 4.28. The number of carbonyl (C=O) groups excluding carboxylic acids is 1. The quantitative estimate of drug-likeness (QED) is 0.735. The van der Waals surface area contributed by atoms with Crippen LogP contribution in [0.15, 0.2) is 48.5 Å². The Morgan fingerprint density at radius 3 is 2.32 bits per heavy atom. The van der Waals surface area contributed by atoms with Crippen molar-refractivity contribution < 1.29 is 9.53 Å². The highest BCUT2D eigenvalue weighted by molar-refractivity contribution is 5.97. The highest BCUT2D eigenvalue weighted by Gasteiger charge is 2.10. The van der Waals surface area contributed by atoms with Crippen LogP contribution in [-0.4, -0.2) is 38.5 Å². The van der Waals surface area contributed by atoms with Crippen molar-refractivity contribution in [2.75, 3.05) is 27.8 Å². The maximum absolute atomic E-state index is 12.1. The van der Waals surface area contributed by atoms with Gasteiger partial charge in [0, 0.05) is 19.2 Å². The zero-order valence-corrected chi connectivity index (χ0v) is 13.5. The molecule has 2 aromatic rings. The summed E-state index contributed by atoms with van der Waals surface area (Å²) in [6.07, 6.45) is 0.829. The molecule has 3 heteroatoms. The van der Waals surface area contributed by atoms with Crippen molar-refractivity contribution in [2.24, 2.45) is 0 Å². The molecule has 0 aliphatic heterocycles. The number of methoxy groups -OCH3 is 1. The molecular formula is C19H23NO2. The first kappa shape index (κ1) is 16.4. The van der Waals surface area contributed by atoms with E-state index in [4.69, 9.17) is 4.74 Å². The number of hydrogen-bond donors (Lipinski definition) is 0. The lowest BCUT2D eigenvalue weighted by atomic mass is 9.98. The van der Waals surface area contributed by atoms with Gasteiger partial charge in [-0.3, -0.25) is 4.79 Å². The lowest BCUT2D eigenvalue weighted by molar-refractivity contribution is 0.0848. The molecule has 0 radical (unpaired) electrons. The zero-order chi connectivity index (χ0) is 15.9. The standard InChI is InChI=1S/C19H23NO2/c1-20(2)13-17-10-16(9-15-7-5-4-6-8-15)11-18(12-17)19(21)14-22-3/h4-8,10-12H,9,13-14H2,1-3H3. The summed E-state index contributed by atoms with van der Waals surface area (Å²) in [7, 11) is 5.60. The van der Waals surface area contributed by atoms with Crippen LogP contribution in [0.2, 0.25) is 0 Å². The van der Waals surface area contributed by atoms with Gasteiger partial charge in [0.2, 0.25) is 0 Å². The van der Waals surface area contributed by atoms with Gasteiger partial charge < -0.3 is 9.64 Å². The van der Waals surface area contributed by atoms with Gasteiger partial charge in [0.1, 0.15) is 6.61 Å². The van der Waals surface area contributed by atoms with Crippen LogP contribution in [0, 0.1) is 0 Å². The number of ketones is 1. The predicted molar refractivity (Wildman–Crippen MR) is 89.3 cm³/mol. The summed E-state index contributed by atoms with van der Waals surface area (Å²) in [4.78, 5) is 14.3. The fraction of sp³-hybridized carbons (Fsp3) is 0.316. The van der Waals surface area contributed by atoms with Crippen molar-refractivity contribution in [3.63, 3.8) is 0 Å². The highest BCUT2D eigenvalue weighted by atomic mass is 16.5. The molecule has 116 valence electrons. The molecule has 2 aromatic carbocycles. The van der Waals surface area contributed by atoms with Gasteiger partial charge in [0.15, 0.2) is 5.78 Å². The third-order valence-electron chi connectivity index (χ3n) is 3.40. The molecule has 0 aliphatic rings. The van der Waals surface area contributed by atoms with E-state index < -0.39 is 0 Å². The lowest BCUT2D eigenvalue weighted by Crippen LogP contribution is -2.13. The van der Waals surface area contributed by atoms with Crippen LogP contribution in [-0.2, 0) is 17.7 Å².